The minimum atomic E-state index is -1.00. The van der Waals surface area contributed by atoms with Crippen LogP contribution >= 0.6 is 11.8 Å². The van der Waals surface area contributed by atoms with Crippen molar-refractivity contribution in [2.75, 3.05) is 5.75 Å². The highest BCUT2D eigenvalue weighted by Gasteiger charge is 2.31. The molecule has 0 bridgehead atoms. The van der Waals surface area contributed by atoms with Gasteiger partial charge in [-0.05, 0) is 44.6 Å². The van der Waals surface area contributed by atoms with Gasteiger partial charge in [0.15, 0.2) is 0 Å². The summed E-state index contributed by atoms with van der Waals surface area (Å²) in [6.45, 7) is 6.00. The van der Waals surface area contributed by atoms with Gasteiger partial charge in [0.25, 0.3) is 0 Å². The fourth-order valence-electron chi connectivity index (χ4n) is 1.77. The second kappa shape index (κ2) is 5.22. The van der Waals surface area contributed by atoms with E-state index in [1.54, 1.807) is 0 Å². The van der Waals surface area contributed by atoms with Gasteiger partial charge in [-0.2, -0.15) is 0 Å². The monoisotopic (exact) mass is 269 g/mol. The molecule has 0 saturated heterocycles. The Morgan fingerprint density at radius 2 is 2.06 bits per heavy atom. The third kappa shape index (κ3) is 3.19. The molecule has 1 aliphatic heterocycles. The highest BCUT2D eigenvalue weighted by atomic mass is 32.2. The van der Waals surface area contributed by atoms with E-state index in [-0.39, 0.29) is 10.8 Å². The topological polar surface area (TPSA) is 35.1 Å². The Bertz CT molecular complexity index is 389. The maximum absolute atomic E-state index is 12.1. The third-order valence-electron chi connectivity index (χ3n) is 2.76. The molecule has 0 spiro atoms. The van der Waals surface area contributed by atoms with E-state index in [9.17, 15) is 4.55 Å². The molecule has 0 amide bonds. The van der Waals surface area contributed by atoms with E-state index in [0.29, 0.717) is 0 Å². The van der Waals surface area contributed by atoms with Crippen LogP contribution in [-0.4, -0.2) is 15.1 Å². The summed E-state index contributed by atoms with van der Waals surface area (Å²) in [5, 5.41) is 0. The zero-order chi connectivity index (χ0) is 12.5. The van der Waals surface area contributed by atoms with Crippen LogP contribution in [0.3, 0.4) is 0 Å². The van der Waals surface area contributed by atoms with Gasteiger partial charge in [-0.15, -0.1) is 16.5 Å². The molecule has 17 heavy (non-hydrogen) atoms. The van der Waals surface area contributed by atoms with Crippen molar-refractivity contribution >= 4 is 23.1 Å². The van der Waals surface area contributed by atoms with Crippen molar-refractivity contribution in [2.45, 2.75) is 42.9 Å². The van der Waals surface area contributed by atoms with E-state index in [4.69, 9.17) is 0 Å². The van der Waals surface area contributed by atoms with E-state index in [1.165, 1.54) is 10.5 Å². The number of fused-ring (bicyclic) bond motifs is 1. The van der Waals surface area contributed by atoms with Gasteiger partial charge in [0, 0.05) is 16.3 Å². The number of benzene rings is 1. The van der Waals surface area contributed by atoms with Crippen molar-refractivity contribution in [3.05, 3.63) is 29.8 Å². The molecule has 2 atom stereocenters. The maximum atomic E-state index is 12.1. The van der Waals surface area contributed by atoms with Crippen molar-refractivity contribution in [1.29, 1.82) is 0 Å². The fourth-order valence-corrected chi connectivity index (χ4v) is 3.75. The van der Waals surface area contributed by atoms with Crippen LogP contribution in [0, 0.1) is 0 Å². The molecule has 0 saturated carbocycles. The molecule has 0 fully saturated rings. The molecule has 2 rings (SSSR count). The average molecular weight is 269 g/mol. The largest absolute Gasteiger partial charge is 0.598 e. The van der Waals surface area contributed by atoms with Crippen LogP contribution < -0.4 is 4.72 Å². The molecule has 0 aromatic heterocycles. The third-order valence-corrected chi connectivity index (χ3v) is 5.50. The lowest BCUT2D eigenvalue weighted by Crippen LogP contribution is -2.42. The number of hydrogen-bond acceptors (Lipinski definition) is 3. The second-order valence-electron chi connectivity index (χ2n) is 5.23. The molecule has 1 aliphatic rings. The van der Waals surface area contributed by atoms with Crippen molar-refractivity contribution < 1.29 is 4.55 Å². The maximum Gasteiger partial charge on any atom is 0.136 e. The van der Waals surface area contributed by atoms with Crippen molar-refractivity contribution in [3.63, 3.8) is 0 Å². The number of hydrogen-bond donors (Lipinski definition) is 1. The Kier molecular flexibility index (Phi) is 4.08. The van der Waals surface area contributed by atoms with Crippen LogP contribution in [0.2, 0.25) is 0 Å². The van der Waals surface area contributed by atoms with Crippen LogP contribution in [0.1, 0.15) is 38.8 Å². The van der Waals surface area contributed by atoms with E-state index in [1.807, 2.05) is 32.5 Å². The molecule has 0 aliphatic carbocycles. The van der Waals surface area contributed by atoms with Crippen molar-refractivity contribution in [1.82, 2.24) is 4.72 Å². The lowest BCUT2D eigenvalue weighted by atomic mass is 10.1. The number of rotatable bonds is 2. The zero-order valence-corrected chi connectivity index (χ0v) is 12.2. The first kappa shape index (κ1) is 13.3. The molecule has 2 nitrogen and oxygen atoms in total. The first-order chi connectivity index (χ1) is 7.98. The quantitative estimate of drug-likeness (QED) is 0.837. The Hall–Kier alpha value is -0.160. The van der Waals surface area contributed by atoms with Crippen LogP contribution in [-0.2, 0) is 11.4 Å². The smallest absolute Gasteiger partial charge is 0.136 e. The molecule has 1 unspecified atom stereocenters. The van der Waals surface area contributed by atoms with Crippen LogP contribution in [0.15, 0.2) is 29.2 Å². The van der Waals surface area contributed by atoms with Crippen LogP contribution in [0.5, 0.6) is 0 Å². The normalized spacial score (nSPS) is 22.0. The van der Waals surface area contributed by atoms with Gasteiger partial charge in [0.1, 0.15) is 4.75 Å². The van der Waals surface area contributed by atoms with Gasteiger partial charge in [0.2, 0.25) is 0 Å². The molecule has 1 aromatic carbocycles. The molecule has 94 valence electrons. The highest BCUT2D eigenvalue weighted by molar-refractivity contribution is 7.99. The highest BCUT2D eigenvalue weighted by Crippen LogP contribution is 2.36. The zero-order valence-electron chi connectivity index (χ0n) is 10.5. The van der Waals surface area contributed by atoms with Gasteiger partial charge in [-0.25, -0.2) is 0 Å². The summed E-state index contributed by atoms with van der Waals surface area (Å²) in [5.41, 5.74) is 1.29. The summed E-state index contributed by atoms with van der Waals surface area (Å²) >= 11 is 0.887. The van der Waals surface area contributed by atoms with Gasteiger partial charge in [0.05, 0.1) is 6.04 Å². The Labute approximate surface area is 111 Å². The lowest BCUT2D eigenvalue weighted by molar-refractivity contribution is 0.516. The fraction of sp³-hybridized carbons (Fsp3) is 0.538. The minimum absolute atomic E-state index is 0.209. The second-order valence-corrected chi connectivity index (χ2v) is 8.36. The van der Waals surface area contributed by atoms with Crippen molar-refractivity contribution in [2.24, 2.45) is 0 Å². The molecule has 1 heterocycles. The predicted molar refractivity (Wildman–Crippen MR) is 75.6 cm³/mol. The molecule has 1 aromatic rings. The molecule has 1 N–H and O–H groups in total. The molecular formula is C13H19NOS2. The summed E-state index contributed by atoms with van der Waals surface area (Å²) in [7, 11) is 0. The minimum Gasteiger partial charge on any atom is -0.598 e. The van der Waals surface area contributed by atoms with Gasteiger partial charge >= 0.3 is 0 Å². The first-order valence-corrected chi connectivity index (χ1v) is 8.02. The van der Waals surface area contributed by atoms with Crippen molar-refractivity contribution in [3.8, 4) is 0 Å². The SMILES string of the molecule is CC(C)(C)[S+]([O-])N[C@H]1CCSc2ccccc21. The summed E-state index contributed by atoms with van der Waals surface area (Å²) in [6, 6.07) is 8.63. The molecular weight excluding hydrogens is 250 g/mol. The predicted octanol–water partition coefficient (Wildman–Crippen LogP) is 3.28. The van der Waals surface area contributed by atoms with Gasteiger partial charge in [-0.3, -0.25) is 0 Å². The van der Waals surface area contributed by atoms with Gasteiger partial charge in [-0.1, -0.05) is 18.2 Å². The van der Waals surface area contributed by atoms with Gasteiger partial charge < -0.3 is 4.55 Å². The summed E-state index contributed by atoms with van der Waals surface area (Å²) in [6.07, 6.45) is 1.05. The molecule has 4 heteroatoms. The molecule has 0 radical (unpaired) electrons. The van der Waals surface area contributed by atoms with E-state index in [0.717, 1.165) is 12.2 Å². The first-order valence-electron chi connectivity index (χ1n) is 5.88. The summed E-state index contributed by atoms with van der Waals surface area (Å²) < 4.78 is 15.2. The Morgan fingerprint density at radius 1 is 1.35 bits per heavy atom. The van der Waals surface area contributed by atoms with E-state index >= 15 is 0 Å². The summed E-state index contributed by atoms with van der Waals surface area (Å²) in [4.78, 5) is 1.32. The van der Waals surface area contributed by atoms with E-state index in [2.05, 4.69) is 29.0 Å². The van der Waals surface area contributed by atoms with Crippen LogP contribution in [0.25, 0.3) is 0 Å². The summed E-state index contributed by atoms with van der Waals surface area (Å²) in [5.74, 6) is 1.09. The standard InChI is InChI=1S/C13H19NOS2/c1-13(2,3)17(15)14-11-8-9-16-12-7-5-4-6-10(11)12/h4-7,11,14H,8-9H2,1-3H3/t11-,17?/m0/s1. The number of thioether (sulfide) groups is 1. The Balaban J connectivity index is 2.14. The number of nitrogens with one attached hydrogen (secondary N) is 1. The van der Waals surface area contributed by atoms with E-state index < -0.39 is 11.4 Å². The average Bonchev–Trinajstić information content (AvgIpc) is 2.28. The Morgan fingerprint density at radius 3 is 2.76 bits per heavy atom. The van der Waals surface area contributed by atoms with Crippen LogP contribution in [0.4, 0.5) is 0 Å². The lowest BCUT2D eigenvalue weighted by Gasteiger charge is -2.30.